The Labute approximate surface area is 108 Å². The van der Waals surface area contributed by atoms with E-state index in [4.69, 9.17) is 5.73 Å². The van der Waals surface area contributed by atoms with Gasteiger partial charge in [-0.2, -0.15) is 0 Å². The maximum absolute atomic E-state index is 11.8. The molecule has 4 nitrogen and oxygen atoms in total. The van der Waals surface area contributed by atoms with Crippen LogP contribution in [0.15, 0.2) is 24.3 Å². The van der Waals surface area contributed by atoms with Crippen LogP contribution in [-0.4, -0.2) is 25.5 Å². The summed E-state index contributed by atoms with van der Waals surface area (Å²) in [5.41, 5.74) is 7.44. The third-order valence-corrected chi connectivity index (χ3v) is 3.26. The average Bonchev–Trinajstić information content (AvgIpc) is 3.19. The van der Waals surface area contributed by atoms with Crippen LogP contribution in [-0.2, 0) is 4.79 Å². The lowest BCUT2D eigenvalue weighted by molar-refractivity contribution is -0.119. The quantitative estimate of drug-likeness (QED) is 0.751. The lowest BCUT2D eigenvalue weighted by Crippen LogP contribution is -2.38. The van der Waals surface area contributed by atoms with Gasteiger partial charge in [0.2, 0.25) is 5.91 Å². The molecule has 0 atom stereocenters. The van der Waals surface area contributed by atoms with Gasteiger partial charge in [-0.25, -0.2) is 0 Å². The van der Waals surface area contributed by atoms with Gasteiger partial charge in [0.1, 0.15) is 0 Å². The van der Waals surface area contributed by atoms with E-state index in [1.165, 1.54) is 12.8 Å². The number of nitrogens with zero attached hydrogens (tertiary/aromatic N) is 1. The highest BCUT2D eigenvalue weighted by Crippen LogP contribution is 2.27. The van der Waals surface area contributed by atoms with Crippen LogP contribution < -0.4 is 16.0 Å². The summed E-state index contributed by atoms with van der Waals surface area (Å²) in [6, 6.07) is 7.63. The molecule has 0 aliphatic heterocycles. The molecule has 1 amide bonds. The van der Waals surface area contributed by atoms with Crippen LogP contribution in [0.3, 0.4) is 0 Å². The minimum absolute atomic E-state index is 0.0978. The second kappa shape index (κ2) is 5.76. The highest BCUT2D eigenvalue weighted by Gasteiger charge is 2.21. The van der Waals surface area contributed by atoms with Crippen LogP contribution in [0.5, 0.6) is 0 Å². The van der Waals surface area contributed by atoms with E-state index >= 15 is 0 Å². The van der Waals surface area contributed by atoms with E-state index in [-0.39, 0.29) is 5.91 Å². The Morgan fingerprint density at radius 1 is 1.39 bits per heavy atom. The minimum atomic E-state index is 0.0978. The van der Waals surface area contributed by atoms with Crippen molar-refractivity contribution < 1.29 is 4.79 Å². The maximum Gasteiger partial charge on any atom is 0.239 e. The van der Waals surface area contributed by atoms with Crippen molar-refractivity contribution in [2.24, 2.45) is 5.92 Å². The highest BCUT2D eigenvalue weighted by molar-refractivity contribution is 5.81. The summed E-state index contributed by atoms with van der Waals surface area (Å²) in [4.78, 5) is 13.9. The number of nitrogens with one attached hydrogen (secondary N) is 1. The second-order valence-electron chi connectivity index (χ2n) is 4.85. The molecule has 0 bridgehead atoms. The predicted octanol–water partition coefficient (Wildman–Crippen LogP) is 1.62. The fourth-order valence-electron chi connectivity index (χ4n) is 1.88. The molecule has 1 fully saturated rings. The second-order valence-corrected chi connectivity index (χ2v) is 4.85. The van der Waals surface area contributed by atoms with Crippen molar-refractivity contribution >= 4 is 17.3 Å². The van der Waals surface area contributed by atoms with Gasteiger partial charge in [0.05, 0.1) is 6.54 Å². The van der Waals surface area contributed by atoms with Crippen molar-refractivity contribution in [3.05, 3.63) is 24.3 Å². The molecule has 1 aromatic carbocycles. The molecular formula is C14H21N3O. The van der Waals surface area contributed by atoms with E-state index in [9.17, 15) is 4.79 Å². The smallest absolute Gasteiger partial charge is 0.239 e. The van der Waals surface area contributed by atoms with Crippen molar-refractivity contribution in [3.63, 3.8) is 0 Å². The molecule has 1 aliphatic carbocycles. The summed E-state index contributed by atoms with van der Waals surface area (Å²) >= 11 is 0. The van der Waals surface area contributed by atoms with Crippen molar-refractivity contribution in [1.82, 2.24) is 5.32 Å². The number of benzene rings is 1. The third-order valence-electron chi connectivity index (χ3n) is 3.26. The Morgan fingerprint density at radius 2 is 2.06 bits per heavy atom. The molecule has 18 heavy (non-hydrogen) atoms. The first-order valence-corrected chi connectivity index (χ1v) is 6.56. The van der Waals surface area contributed by atoms with Gasteiger partial charge < -0.3 is 16.0 Å². The summed E-state index contributed by atoms with van der Waals surface area (Å²) in [6.45, 7) is 4.09. The van der Waals surface area contributed by atoms with E-state index in [1.807, 2.05) is 36.1 Å². The van der Waals surface area contributed by atoms with Gasteiger partial charge >= 0.3 is 0 Å². The van der Waals surface area contributed by atoms with E-state index < -0.39 is 0 Å². The number of rotatable bonds is 6. The Balaban J connectivity index is 1.87. The van der Waals surface area contributed by atoms with Gasteiger partial charge in [0.15, 0.2) is 0 Å². The van der Waals surface area contributed by atoms with Gasteiger partial charge in [-0.3, -0.25) is 4.79 Å². The lowest BCUT2D eigenvalue weighted by atomic mass is 10.2. The zero-order valence-corrected chi connectivity index (χ0v) is 10.9. The number of likely N-dealkylation sites (N-methyl/N-ethyl adjacent to an activating group) is 1. The molecular weight excluding hydrogens is 226 g/mol. The number of carbonyl (C=O) groups excluding carboxylic acids is 1. The third kappa shape index (κ3) is 3.65. The molecule has 2 rings (SSSR count). The number of anilines is 2. The molecule has 98 valence electrons. The molecule has 0 aromatic heterocycles. The van der Waals surface area contributed by atoms with E-state index in [2.05, 4.69) is 5.32 Å². The Morgan fingerprint density at radius 3 is 2.61 bits per heavy atom. The molecule has 0 spiro atoms. The summed E-state index contributed by atoms with van der Waals surface area (Å²) in [5, 5.41) is 2.99. The predicted molar refractivity (Wildman–Crippen MR) is 74.5 cm³/mol. The van der Waals surface area contributed by atoms with Crippen LogP contribution in [0.2, 0.25) is 0 Å². The number of carbonyl (C=O) groups is 1. The average molecular weight is 247 g/mol. The SMILES string of the molecule is CCN(CC(=O)NCC1CC1)c1ccc(N)cc1. The molecule has 4 heteroatoms. The van der Waals surface area contributed by atoms with Crippen LogP contribution in [0.4, 0.5) is 11.4 Å². The van der Waals surface area contributed by atoms with Crippen molar-refractivity contribution in [1.29, 1.82) is 0 Å². The molecule has 1 saturated carbocycles. The zero-order valence-electron chi connectivity index (χ0n) is 10.9. The minimum Gasteiger partial charge on any atom is -0.399 e. The number of nitrogen functional groups attached to an aromatic ring is 1. The first-order chi connectivity index (χ1) is 8.69. The van der Waals surface area contributed by atoms with Crippen LogP contribution in [0.1, 0.15) is 19.8 Å². The number of hydrogen-bond donors (Lipinski definition) is 2. The lowest BCUT2D eigenvalue weighted by Gasteiger charge is -2.22. The molecule has 1 aromatic rings. The zero-order chi connectivity index (χ0) is 13.0. The molecule has 1 aliphatic rings. The number of amides is 1. The van der Waals surface area contributed by atoms with Gasteiger partial charge in [0.25, 0.3) is 0 Å². The first-order valence-electron chi connectivity index (χ1n) is 6.56. The topological polar surface area (TPSA) is 58.4 Å². The van der Waals surface area contributed by atoms with E-state index in [0.29, 0.717) is 6.54 Å². The molecule has 0 heterocycles. The van der Waals surface area contributed by atoms with Gasteiger partial charge in [-0.1, -0.05) is 0 Å². The normalized spacial score (nSPS) is 14.3. The van der Waals surface area contributed by atoms with Crippen molar-refractivity contribution in [3.8, 4) is 0 Å². The van der Waals surface area contributed by atoms with Crippen LogP contribution in [0, 0.1) is 5.92 Å². The number of nitrogens with two attached hydrogens (primary N) is 1. The van der Waals surface area contributed by atoms with E-state index in [0.717, 1.165) is 30.4 Å². The Hall–Kier alpha value is -1.71. The Kier molecular flexibility index (Phi) is 4.07. The van der Waals surface area contributed by atoms with Gasteiger partial charge in [-0.15, -0.1) is 0 Å². The van der Waals surface area contributed by atoms with Gasteiger partial charge in [0, 0.05) is 24.5 Å². The summed E-state index contributed by atoms with van der Waals surface area (Å²) in [5.74, 6) is 0.820. The Bertz CT molecular complexity index is 398. The fourth-order valence-corrected chi connectivity index (χ4v) is 1.88. The summed E-state index contributed by atoms with van der Waals surface area (Å²) in [7, 11) is 0. The molecule has 0 unspecified atom stereocenters. The highest BCUT2D eigenvalue weighted by atomic mass is 16.2. The number of hydrogen-bond acceptors (Lipinski definition) is 3. The van der Waals surface area contributed by atoms with Crippen molar-refractivity contribution in [2.45, 2.75) is 19.8 Å². The standard InChI is InChI=1S/C14H21N3O/c1-2-17(13-7-5-12(15)6-8-13)10-14(18)16-9-11-3-4-11/h5-8,11H,2-4,9-10,15H2,1H3,(H,16,18). The summed E-state index contributed by atoms with van der Waals surface area (Å²) in [6.07, 6.45) is 2.52. The fraction of sp³-hybridized carbons (Fsp3) is 0.500. The van der Waals surface area contributed by atoms with Crippen LogP contribution in [0.25, 0.3) is 0 Å². The monoisotopic (exact) mass is 247 g/mol. The largest absolute Gasteiger partial charge is 0.399 e. The van der Waals surface area contributed by atoms with Crippen LogP contribution >= 0.6 is 0 Å². The van der Waals surface area contributed by atoms with Gasteiger partial charge in [-0.05, 0) is 49.9 Å². The molecule has 0 saturated heterocycles. The molecule has 0 radical (unpaired) electrons. The molecule has 3 N–H and O–H groups in total. The van der Waals surface area contributed by atoms with Crippen molar-refractivity contribution in [2.75, 3.05) is 30.3 Å². The summed E-state index contributed by atoms with van der Waals surface area (Å²) < 4.78 is 0. The maximum atomic E-state index is 11.8. The first kappa shape index (κ1) is 12.7. The van der Waals surface area contributed by atoms with E-state index in [1.54, 1.807) is 0 Å².